The van der Waals surface area contributed by atoms with E-state index in [-0.39, 0.29) is 16.3 Å². The van der Waals surface area contributed by atoms with E-state index in [0.717, 1.165) is 43.9 Å². The van der Waals surface area contributed by atoms with Crippen LogP contribution >= 0.6 is 0 Å². The average Bonchev–Trinajstić information content (AvgIpc) is 2.73. The number of hydrogen-bond acceptors (Lipinski definition) is 7. The molecule has 0 unspecified atom stereocenters. The molecule has 2 aromatic rings. The van der Waals surface area contributed by atoms with Crippen molar-refractivity contribution in [1.82, 2.24) is 0 Å². The van der Waals surface area contributed by atoms with Gasteiger partial charge in [-0.2, -0.15) is 5.10 Å². The van der Waals surface area contributed by atoms with E-state index in [9.17, 15) is 18.5 Å². The van der Waals surface area contributed by atoms with Gasteiger partial charge in [-0.25, -0.2) is 8.42 Å². The summed E-state index contributed by atoms with van der Waals surface area (Å²) in [6.45, 7) is 0. The lowest BCUT2D eigenvalue weighted by Crippen LogP contribution is -2.13. The van der Waals surface area contributed by atoms with Gasteiger partial charge in [0.1, 0.15) is 11.4 Å². The monoisotopic (exact) mass is 418 g/mol. The molecular weight excluding hydrogens is 396 g/mol. The molecule has 3 rings (SSSR count). The second-order valence-electron chi connectivity index (χ2n) is 6.62. The van der Waals surface area contributed by atoms with Crippen LogP contribution in [0.15, 0.2) is 52.5 Å². The quantitative estimate of drug-likeness (QED) is 0.515. The lowest BCUT2D eigenvalue weighted by molar-refractivity contribution is -0.384. The molecule has 0 aliphatic heterocycles. The molecule has 154 valence electrons. The zero-order valence-corrected chi connectivity index (χ0v) is 16.7. The summed E-state index contributed by atoms with van der Waals surface area (Å²) in [7, 11) is -2.49. The van der Waals surface area contributed by atoms with Crippen molar-refractivity contribution >= 4 is 32.8 Å². The average molecular weight is 418 g/mol. The van der Waals surface area contributed by atoms with Crippen LogP contribution in [0.4, 0.5) is 17.1 Å². The molecule has 2 N–H and O–H groups in total. The molecule has 1 fully saturated rings. The van der Waals surface area contributed by atoms with Crippen molar-refractivity contribution in [1.29, 1.82) is 0 Å². The Kier molecular flexibility index (Phi) is 6.32. The maximum absolute atomic E-state index is 12.6. The van der Waals surface area contributed by atoms with Crippen LogP contribution in [0.3, 0.4) is 0 Å². The van der Waals surface area contributed by atoms with Crippen molar-refractivity contribution in [2.75, 3.05) is 17.3 Å². The van der Waals surface area contributed by atoms with Crippen LogP contribution in [0.1, 0.15) is 32.1 Å². The van der Waals surface area contributed by atoms with E-state index in [1.54, 1.807) is 24.3 Å². The minimum Gasteiger partial charge on any atom is -0.497 e. The Hall–Kier alpha value is -3.14. The first-order valence-corrected chi connectivity index (χ1v) is 10.6. The lowest BCUT2D eigenvalue weighted by atomic mass is 9.99. The summed E-state index contributed by atoms with van der Waals surface area (Å²) in [5.41, 5.74) is 3.79. The third kappa shape index (κ3) is 5.23. The zero-order chi connectivity index (χ0) is 20.9. The molecule has 1 aliphatic rings. The number of hydrazone groups is 1. The van der Waals surface area contributed by atoms with Gasteiger partial charge in [-0.1, -0.05) is 6.42 Å². The van der Waals surface area contributed by atoms with Gasteiger partial charge in [-0.15, -0.1) is 0 Å². The van der Waals surface area contributed by atoms with Gasteiger partial charge < -0.3 is 4.74 Å². The van der Waals surface area contributed by atoms with Crippen molar-refractivity contribution in [2.24, 2.45) is 5.10 Å². The van der Waals surface area contributed by atoms with Crippen LogP contribution in [-0.4, -0.2) is 26.2 Å². The number of methoxy groups -OCH3 is 1. The van der Waals surface area contributed by atoms with E-state index < -0.39 is 14.9 Å². The number of nitro groups is 1. The molecule has 10 heteroatoms. The number of rotatable bonds is 7. The Morgan fingerprint density at radius 2 is 1.76 bits per heavy atom. The Labute approximate surface area is 169 Å². The highest BCUT2D eigenvalue weighted by molar-refractivity contribution is 7.92. The van der Waals surface area contributed by atoms with E-state index in [1.165, 1.54) is 19.2 Å². The fourth-order valence-corrected chi connectivity index (χ4v) is 4.09. The molecule has 9 nitrogen and oxygen atoms in total. The van der Waals surface area contributed by atoms with Gasteiger partial charge >= 0.3 is 0 Å². The molecule has 0 saturated heterocycles. The second-order valence-corrected chi connectivity index (χ2v) is 8.30. The maximum Gasteiger partial charge on any atom is 0.295 e. The van der Waals surface area contributed by atoms with Gasteiger partial charge in [0.2, 0.25) is 0 Å². The van der Waals surface area contributed by atoms with Crippen LogP contribution in [0, 0.1) is 10.1 Å². The zero-order valence-electron chi connectivity index (χ0n) is 15.9. The molecule has 1 saturated carbocycles. The van der Waals surface area contributed by atoms with Gasteiger partial charge in [0.15, 0.2) is 0 Å². The highest BCUT2D eigenvalue weighted by atomic mass is 32.2. The summed E-state index contributed by atoms with van der Waals surface area (Å²) in [6, 6.07) is 9.99. The van der Waals surface area contributed by atoms with E-state index in [0.29, 0.717) is 11.4 Å². The number of nitrogens with zero attached hydrogens (tertiary/aromatic N) is 2. The van der Waals surface area contributed by atoms with Crippen LogP contribution in [0.25, 0.3) is 0 Å². The van der Waals surface area contributed by atoms with Crippen molar-refractivity contribution < 1.29 is 18.1 Å². The minimum absolute atomic E-state index is 0.150. The molecule has 0 atom stereocenters. The Morgan fingerprint density at radius 1 is 1.07 bits per heavy atom. The third-order valence-corrected chi connectivity index (χ3v) is 5.96. The fraction of sp³-hybridized carbons (Fsp3) is 0.316. The lowest BCUT2D eigenvalue weighted by Gasteiger charge is -2.13. The van der Waals surface area contributed by atoms with Gasteiger partial charge in [-0.05, 0) is 62.1 Å². The van der Waals surface area contributed by atoms with Gasteiger partial charge in [0, 0.05) is 17.5 Å². The fourth-order valence-electron chi connectivity index (χ4n) is 3.01. The number of anilines is 2. The summed E-state index contributed by atoms with van der Waals surface area (Å²) in [6.07, 6.45) is 4.98. The summed E-state index contributed by atoms with van der Waals surface area (Å²) >= 11 is 0. The molecule has 2 aromatic carbocycles. The Balaban J connectivity index is 1.83. The van der Waals surface area contributed by atoms with Gasteiger partial charge in [-0.3, -0.25) is 20.3 Å². The van der Waals surface area contributed by atoms with Crippen molar-refractivity contribution in [2.45, 2.75) is 37.0 Å². The number of hydrogen-bond donors (Lipinski definition) is 2. The minimum atomic E-state index is -4.00. The van der Waals surface area contributed by atoms with Crippen LogP contribution < -0.4 is 14.9 Å². The molecule has 29 heavy (non-hydrogen) atoms. The Bertz CT molecular complexity index is 1010. The first kappa shape index (κ1) is 20.6. The molecule has 0 aromatic heterocycles. The standard InChI is InChI=1S/C19H22N4O5S/c1-28-16-9-7-15(8-10-16)22-29(26,27)17-11-12-18(19(13-17)23(24)25)21-20-14-5-3-2-4-6-14/h7-13,21-22H,2-6H2,1H3. The highest BCUT2D eigenvalue weighted by Crippen LogP contribution is 2.29. The predicted molar refractivity (Wildman–Crippen MR) is 111 cm³/mol. The van der Waals surface area contributed by atoms with Crippen molar-refractivity contribution in [3.8, 4) is 5.75 Å². The summed E-state index contributed by atoms with van der Waals surface area (Å²) in [5, 5.41) is 15.7. The van der Waals surface area contributed by atoms with E-state index in [1.807, 2.05) is 0 Å². The third-order valence-electron chi connectivity index (χ3n) is 4.58. The van der Waals surface area contributed by atoms with Crippen molar-refractivity contribution in [3.05, 3.63) is 52.6 Å². The molecule has 0 bridgehead atoms. The second kappa shape index (κ2) is 8.91. The molecular formula is C19H22N4O5S. The summed E-state index contributed by atoms with van der Waals surface area (Å²) < 4.78 is 32.7. The topological polar surface area (TPSA) is 123 Å². The van der Waals surface area contributed by atoms with Crippen molar-refractivity contribution in [3.63, 3.8) is 0 Å². The summed E-state index contributed by atoms with van der Waals surface area (Å²) in [4.78, 5) is 10.6. The predicted octanol–water partition coefficient (Wildman–Crippen LogP) is 4.14. The first-order valence-electron chi connectivity index (χ1n) is 9.16. The number of ether oxygens (including phenoxy) is 1. The normalized spacial score (nSPS) is 14.2. The SMILES string of the molecule is COc1ccc(NS(=O)(=O)c2ccc(NN=C3CCCCC3)c([N+](=O)[O-])c2)cc1. The van der Waals surface area contributed by atoms with E-state index >= 15 is 0 Å². The maximum atomic E-state index is 12.6. The highest BCUT2D eigenvalue weighted by Gasteiger charge is 2.22. The van der Waals surface area contributed by atoms with E-state index in [2.05, 4.69) is 15.2 Å². The number of nitrogens with one attached hydrogen (secondary N) is 2. The summed E-state index contributed by atoms with van der Waals surface area (Å²) in [5.74, 6) is 0.582. The van der Waals surface area contributed by atoms with Crippen LogP contribution in [-0.2, 0) is 10.0 Å². The molecule has 0 amide bonds. The van der Waals surface area contributed by atoms with Gasteiger partial charge in [0.05, 0.1) is 16.9 Å². The molecule has 0 heterocycles. The van der Waals surface area contributed by atoms with Crippen LogP contribution in [0.2, 0.25) is 0 Å². The molecule has 0 radical (unpaired) electrons. The van der Waals surface area contributed by atoms with Crippen LogP contribution in [0.5, 0.6) is 5.75 Å². The largest absolute Gasteiger partial charge is 0.497 e. The van der Waals surface area contributed by atoms with Gasteiger partial charge in [0.25, 0.3) is 15.7 Å². The first-order chi connectivity index (χ1) is 13.9. The number of nitro benzene ring substituents is 1. The van der Waals surface area contributed by atoms with E-state index in [4.69, 9.17) is 4.74 Å². The molecule has 1 aliphatic carbocycles. The Morgan fingerprint density at radius 3 is 2.38 bits per heavy atom. The number of sulfonamides is 1. The molecule has 0 spiro atoms. The number of benzene rings is 2. The smallest absolute Gasteiger partial charge is 0.295 e.